The third-order valence-electron chi connectivity index (χ3n) is 5.17. The summed E-state index contributed by atoms with van der Waals surface area (Å²) in [7, 11) is 0. The minimum absolute atomic E-state index is 0.105. The van der Waals surface area contributed by atoms with E-state index in [2.05, 4.69) is 15.5 Å². The van der Waals surface area contributed by atoms with Gasteiger partial charge in [0.25, 0.3) is 0 Å². The number of H-pyrrole nitrogens is 1. The Bertz CT molecular complexity index is 882. The van der Waals surface area contributed by atoms with Crippen LogP contribution in [0, 0.1) is 0 Å². The van der Waals surface area contributed by atoms with Crippen molar-refractivity contribution in [3.8, 4) is 5.88 Å². The number of aromatic nitrogens is 2. The second-order valence-electron chi connectivity index (χ2n) is 7.95. The van der Waals surface area contributed by atoms with Crippen molar-refractivity contribution in [3.63, 3.8) is 0 Å². The molecule has 0 spiro atoms. The Labute approximate surface area is 179 Å². The zero-order valence-electron chi connectivity index (χ0n) is 17.6. The maximum atomic E-state index is 11.2. The van der Waals surface area contributed by atoms with Gasteiger partial charge in [0.2, 0.25) is 18.1 Å². The molecule has 1 amide bonds. The molecule has 1 aromatic heterocycles. The maximum absolute atomic E-state index is 11.2. The molecule has 5 atom stereocenters. The lowest BCUT2D eigenvalue weighted by atomic mass is 9.98. The fraction of sp³-hybridized carbons (Fsp3) is 0.524. The van der Waals surface area contributed by atoms with Gasteiger partial charge in [-0.3, -0.25) is 9.89 Å². The minimum Gasteiger partial charge on any atom is -0.443 e. The van der Waals surface area contributed by atoms with E-state index in [9.17, 15) is 25.2 Å². The first kappa shape index (κ1) is 23.2. The zero-order chi connectivity index (χ0) is 22.7. The summed E-state index contributed by atoms with van der Waals surface area (Å²) >= 11 is 0. The van der Waals surface area contributed by atoms with Crippen molar-refractivity contribution < 1.29 is 34.7 Å². The van der Waals surface area contributed by atoms with Gasteiger partial charge in [-0.1, -0.05) is 26.0 Å². The number of hydrogen-bond donors (Lipinski definition) is 6. The van der Waals surface area contributed by atoms with Crippen LogP contribution in [0.2, 0.25) is 0 Å². The third kappa shape index (κ3) is 5.23. The van der Waals surface area contributed by atoms with Gasteiger partial charge >= 0.3 is 0 Å². The van der Waals surface area contributed by atoms with Gasteiger partial charge in [-0.05, 0) is 23.6 Å². The Morgan fingerprint density at radius 3 is 2.45 bits per heavy atom. The minimum atomic E-state index is -1.54. The van der Waals surface area contributed by atoms with Gasteiger partial charge < -0.3 is 35.2 Å². The highest BCUT2D eigenvalue weighted by Gasteiger charge is 2.45. The van der Waals surface area contributed by atoms with Gasteiger partial charge in [0.05, 0.1) is 6.61 Å². The summed E-state index contributed by atoms with van der Waals surface area (Å²) in [4.78, 5) is 11.2. The molecule has 0 bridgehead atoms. The molecule has 3 rings (SSSR count). The van der Waals surface area contributed by atoms with Gasteiger partial charge in [0, 0.05) is 30.3 Å². The van der Waals surface area contributed by atoms with Crippen molar-refractivity contribution in [1.82, 2.24) is 10.2 Å². The van der Waals surface area contributed by atoms with Crippen LogP contribution in [0.15, 0.2) is 24.3 Å². The molecule has 1 aliphatic heterocycles. The molecule has 31 heavy (non-hydrogen) atoms. The molecule has 10 nitrogen and oxygen atoms in total. The van der Waals surface area contributed by atoms with Gasteiger partial charge in [-0.15, -0.1) is 5.10 Å². The van der Waals surface area contributed by atoms with E-state index in [1.807, 2.05) is 26.0 Å². The number of carbonyl (C=O) groups excluding carboxylic acids is 1. The van der Waals surface area contributed by atoms with Crippen LogP contribution in [0.4, 0.5) is 5.69 Å². The van der Waals surface area contributed by atoms with Crippen molar-refractivity contribution >= 4 is 11.6 Å². The van der Waals surface area contributed by atoms with Gasteiger partial charge in [0.1, 0.15) is 24.4 Å². The number of rotatable bonds is 7. The maximum Gasteiger partial charge on any atom is 0.238 e. The van der Waals surface area contributed by atoms with E-state index >= 15 is 0 Å². The molecule has 0 saturated carbocycles. The summed E-state index contributed by atoms with van der Waals surface area (Å²) in [5.74, 6) is 0.146. The second kappa shape index (κ2) is 9.75. The van der Waals surface area contributed by atoms with Crippen LogP contribution in [0.1, 0.15) is 43.5 Å². The number of ether oxygens (including phenoxy) is 2. The molecule has 1 aliphatic rings. The average molecular weight is 435 g/mol. The van der Waals surface area contributed by atoms with Crippen molar-refractivity contribution in [1.29, 1.82) is 0 Å². The molecular formula is C21H29N3O7. The van der Waals surface area contributed by atoms with Crippen molar-refractivity contribution in [2.45, 2.75) is 63.8 Å². The SMILES string of the molecule is CC(=O)Nc1ccc(Cc2c(O[C@@H]3O[C@H](CO)[C@@H](O)[C@H](O)[C@H]3O)n[nH]c2C(C)C)cc1. The van der Waals surface area contributed by atoms with E-state index in [0.717, 1.165) is 16.8 Å². The molecule has 1 saturated heterocycles. The molecule has 2 heterocycles. The van der Waals surface area contributed by atoms with Crippen LogP contribution in [0.25, 0.3) is 0 Å². The monoisotopic (exact) mass is 435 g/mol. The van der Waals surface area contributed by atoms with Crippen LogP contribution in [-0.2, 0) is 16.0 Å². The van der Waals surface area contributed by atoms with E-state index in [1.54, 1.807) is 12.1 Å². The first-order chi connectivity index (χ1) is 14.7. The predicted octanol–water partition coefficient (Wildman–Crippen LogP) is 0.261. The summed E-state index contributed by atoms with van der Waals surface area (Å²) in [6, 6.07) is 7.34. The molecule has 1 aromatic carbocycles. The van der Waals surface area contributed by atoms with E-state index in [1.165, 1.54) is 6.92 Å². The fourth-order valence-electron chi connectivity index (χ4n) is 3.50. The quantitative estimate of drug-likeness (QED) is 0.362. The third-order valence-corrected chi connectivity index (χ3v) is 5.17. The lowest BCUT2D eigenvalue weighted by Crippen LogP contribution is -2.60. The van der Waals surface area contributed by atoms with E-state index in [4.69, 9.17) is 9.47 Å². The summed E-state index contributed by atoms with van der Waals surface area (Å²) < 4.78 is 11.2. The Morgan fingerprint density at radius 1 is 1.19 bits per heavy atom. The van der Waals surface area contributed by atoms with Crippen LogP contribution < -0.4 is 10.1 Å². The highest BCUT2D eigenvalue weighted by molar-refractivity contribution is 5.88. The van der Waals surface area contributed by atoms with Crippen molar-refractivity contribution in [3.05, 3.63) is 41.1 Å². The fourth-order valence-corrected chi connectivity index (χ4v) is 3.50. The molecule has 10 heteroatoms. The average Bonchev–Trinajstić information content (AvgIpc) is 3.12. The summed E-state index contributed by atoms with van der Waals surface area (Å²) in [6.07, 6.45) is -6.47. The van der Waals surface area contributed by atoms with Crippen LogP contribution in [0.3, 0.4) is 0 Å². The molecular weight excluding hydrogens is 406 g/mol. The first-order valence-corrected chi connectivity index (χ1v) is 10.1. The highest BCUT2D eigenvalue weighted by Crippen LogP contribution is 2.31. The Balaban J connectivity index is 1.83. The number of aliphatic hydroxyl groups excluding tert-OH is 4. The van der Waals surface area contributed by atoms with Crippen LogP contribution in [-0.4, -0.2) is 73.8 Å². The number of amides is 1. The number of benzene rings is 1. The summed E-state index contributed by atoms with van der Waals surface area (Å²) in [6.45, 7) is 4.89. The lowest BCUT2D eigenvalue weighted by Gasteiger charge is -2.39. The molecule has 170 valence electrons. The largest absolute Gasteiger partial charge is 0.443 e. The van der Waals surface area contributed by atoms with Gasteiger partial charge in [-0.2, -0.15) is 0 Å². The van der Waals surface area contributed by atoms with Crippen LogP contribution in [0.5, 0.6) is 5.88 Å². The smallest absolute Gasteiger partial charge is 0.238 e. The normalized spacial score (nSPS) is 26.1. The van der Waals surface area contributed by atoms with Crippen molar-refractivity contribution in [2.75, 3.05) is 11.9 Å². The van der Waals surface area contributed by atoms with E-state index in [-0.39, 0.29) is 17.7 Å². The standard InChI is InChI=1S/C21H29N3O7/c1-10(2)16-14(8-12-4-6-13(7-5-12)22-11(3)26)20(24-23-16)31-21-19(29)18(28)17(27)15(9-25)30-21/h4-7,10,15,17-19,21,25,27-29H,8-9H2,1-3H3,(H,22,26)(H,23,24)/t15-,17-,18+,19-,21+/m1/s1. The Hall–Kier alpha value is -2.50. The number of aromatic amines is 1. The van der Waals surface area contributed by atoms with Gasteiger partial charge in [-0.25, -0.2) is 0 Å². The molecule has 6 N–H and O–H groups in total. The molecule has 0 aliphatic carbocycles. The number of nitrogens with one attached hydrogen (secondary N) is 2. The summed E-state index contributed by atoms with van der Waals surface area (Å²) in [5.41, 5.74) is 3.21. The predicted molar refractivity (Wildman–Crippen MR) is 111 cm³/mol. The molecule has 1 fully saturated rings. The Morgan fingerprint density at radius 2 is 1.87 bits per heavy atom. The lowest BCUT2D eigenvalue weighted by molar-refractivity contribution is -0.278. The van der Waals surface area contributed by atoms with E-state index < -0.39 is 37.3 Å². The van der Waals surface area contributed by atoms with Gasteiger partial charge in [0.15, 0.2) is 0 Å². The molecule has 0 unspecified atom stereocenters. The zero-order valence-corrected chi connectivity index (χ0v) is 17.6. The van der Waals surface area contributed by atoms with E-state index in [0.29, 0.717) is 12.1 Å². The topological polar surface area (TPSA) is 157 Å². The first-order valence-electron chi connectivity index (χ1n) is 10.1. The summed E-state index contributed by atoms with van der Waals surface area (Å²) in [5, 5.41) is 49.5. The number of nitrogens with zero attached hydrogens (tertiary/aromatic N) is 1. The molecule has 0 radical (unpaired) electrons. The van der Waals surface area contributed by atoms with Crippen LogP contribution >= 0.6 is 0 Å². The van der Waals surface area contributed by atoms with Crippen molar-refractivity contribution in [2.24, 2.45) is 0 Å². The number of carbonyl (C=O) groups is 1. The molecule has 2 aromatic rings. The Kier molecular flexibility index (Phi) is 7.29. The highest BCUT2D eigenvalue weighted by atomic mass is 16.7. The number of anilines is 1. The number of aliphatic hydroxyl groups is 4. The second-order valence-corrected chi connectivity index (χ2v) is 7.95. The number of hydrogen-bond acceptors (Lipinski definition) is 8.